The number of hydrogen-bond donors (Lipinski definition) is 1. The summed E-state index contributed by atoms with van der Waals surface area (Å²) in [6, 6.07) is 9.88. The Morgan fingerprint density at radius 2 is 2.06 bits per heavy atom. The van der Waals surface area contributed by atoms with Crippen molar-refractivity contribution in [2.45, 2.75) is 0 Å². The fourth-order valence-corrected chi connectivity index (χ4v) is 1.56. The normalized spacial score (nSPS) is 9.39. The third-order valence-electron chi connectivity index (χ3n) is 2.11. The average Bonchev–Trinajstić information content (AvgIpc) is 2.29. The van der Waals surface area contributed by atoms with Crippen molar-refractivity contribution in [1.29, 1.82) is 0 Å². The molecule has 0 aliphatic rings. The Morgan fingerprint density at radius 3 is 2.72 bits per heavy atom. The Bertz CT molecular complexity index is 563. The van der Waals surface area contributed by atoms with E-state index in [9.17, 15) is 9.90 Å². The number of carbonyl (C=O) groups is 1. The van der Waals surface area contributed by atoms with Gasteiger partial charge in [0.05, 0.1) is 5.97 Å². The number of aromatic carboxylic acids is 1. The van der Waals surface area contributed by atoms with E-state index in [2.05, 4.69) is 10.3 Å². The number of pyridine rings is 1. The number of carboxylic acids is 1. The van der Waals surface area contributed by atoms with Crippen molar-refractivity contribution in [1.82, 2.24) is 4.98 Å². The van der Waals surface area contributed by atoms with Crippen LogP contribution >= 0.6 is 11.6 Å². The molecule has 6 heteroatoms. The van der Waals surface area contributed by atoms with Gasteiger partial charge in [-0.25, -0.2) is 4.98 Å². The quantitative estimate of drug-likeness (QED) is 0.715. The Labute approximate surface area is 131 Å². The van der Waals surface area contributed by atoms with Crippen LogP contribution in [0.1, 0.15) is 10.4 Å². The maximum Gasteiger partial charge on any atom is 1.00 e. The first-order chi connectivity index (χ1) is 8.16. The van der Waals surface area contributed by atoms with E-state index in [-0.39, 0.29) is 40.9 Å². The maximum atomic E-state index is 10.9. The van der Waals surface area contributed by atoms with Crippen LogP contribution in [0.4, 0.5) is 11.5 Å². The molecule has 0 fully saturated rings. The first-order valence-electron chi connectivity index (χ1n) is 4.86. The van der Waals surface area contributed by atoms with Gasteiger partial charge in [-0.1, -0.05) is 17.7 Å². The molecule has 0 saturated heterocycles. The first-order valence-corrected chi connectivity index (χ1v) is 5.23. The molecule has 0 aliphatic heterocycles. The number of carbonyl (C=O) groups excluding carboxylic acids is 1. The van der Waals surface area contributed by atoms with Crippen molar-refractivity contribution in [3.63, 3.8) is 0 Å². The third kappa shape index (κ3) is 3.71. The second kappa shape index (κ2) is 6.75. The fraction of sp³-hybridized carbons (Fsp3) is 0. The Morgan fingerprint density at radius 1 is 1.28 bits per heavy atom. The predicted molar refractivity (Wildman–Crippen MR) is 63.3 cm³/mol. The molecular formula is C12H8ClN2NaO2. The van der Waals surface area contributed by atoms with Crippen LogP contribution in [0.2, 0.25) is 5.02 Å². The molecule has 0 saturated carbocycles. The molecule has 2 rings (SSSR count). The molecule has 4 nitrogen and oxygen atoms in total. The number of anilines is 2. The Kier molecular flexibility index (Phi) is 5.62. The van der Waals surface area contributed by atoms with Gasteiger partial charge < -0.3 is 15.2 Å². The van der Waals surface area contributed by atoms with Gasteiger partial charge in [-0.2, -0.15) is 0 Å². The van der Waals surface area contributed by atoms with Crippen LogP contribution in [0.25, 0.3) is 0 Å². The van der Waals surface area contributed by atoms with Gasteiger partial charge in [0.25, 0.3) is 0 Å². The van der Waals surface area contributed by atoms with Gasteiger partial charge in [0, 0.05) is 22.5 Å². The number of aromatic nitrogens is 1. The second-order valence-corrected chi connectivity index (χ2v) is 3.76. The topological polar surface area (TPSA) is 65.0 Å². The molecule has 0 bridgehead atoms. The Hall–Kier alpha value is -1.07. The van der Waals surface area contributed by atoms with Crippen LogP contribution in [0, 0.1) is 0 Å². The molecule has 86 valence electrons. The predicted octanol–water partition coefficient (Wildman–Crippen LogP) is -1.15. The van der Waals surface area contributed by atoms with E-state index in [0.29, 0.717) is 10.7 Å². The van der Waals surface area contributed by atoms with Gasteiger partial charge in [0.1, 0.15) is 5.82 Å². The van der Waals surface area contributed by atoms with E-state index in [1.165, 1.54) is 18.3 Å². The number of halogens is 1. The summed E-state index contributed by atoms with van der Waals surface area (Å²) in [5, 5.41) is 14.3. The van der Waals surface area contributed by atoms with Crippen LogP contribution in [0.3, 0.4) is 0 Å². The standard InChI is InChI=1S/C12H9ClN2O2.Na/c13-8-3-1-4-9(7-8)15-11-10(12(16)17)5-2-6-14-11;/h1-7H,(H,14,15)(H,16,17);/q;+1/p-1. The number of hydrogen-bond acceptors (Lipinski definition) is 4. The number of nitrogens with zero attached hydrogens (tertiary/aromatic N) is 1. The molecule has 1 heterocycles. The first kappa shape index (κ1) is 15.0. The number of nitrogens with one attached hydrogen (secondary N) is 1. The van der Waals surface area contributed by atoms with Crippen LogP contribution < -0.4 is 40.0 Å². The molecule has 0 atom stereocenters. The van der Waals surface area contributed by atoms with Crippen molar-refractivity contribution in [3.8, 4) is 0 Å². The summed E-state index contributed by atoms with van der Waals surface area (Å²) in [7, 11) is 0. The molecule has 0 radical (unpaired) electrons. The number of rotatable bonds is 3. The van der Waals surface area contributed by atoms with E-state index in [1.807, 2.05) is 0 Å². The molecule has 2 aromatic rings. The SMILES string of the molecule is O=C([O-])c1cccnc1Nc1cccc(Cl)c1.[Na+]. The zero-order chi connectivity index (χ0) is 12.3. The van der Waals surface area contributed by atoms with Gasteiger partial charge in [0.2, 0.25) is 0 Å². The molecule has 0 spiro atoms. The van der Waals surface area contributed by atoms with Crippen LogP contribution in [-0.4, -0.2) is 11.0 Å². The summed E-state index contributed by atoms with van der Waals surface area (Å²) in [6.45, 7) is 0. The average molecular weight is 271 g/mol. The van der Waals surface area contributed by atoms with Crippen LogP contribution in [0.5, 0.6) is 0 Å². The van der Waals surface area contributed by atoms with Crippen molar-refractivity contribution in [3.05, 3.63) is 53.2 Å². The zero-order valence-corrected chi connectivity index (χ0v) is 12.4. The van der Waals surface area contributed by atoms with Crippen molar-refractivity contribution < 1.29 is 39.5 Å². The van der Waals surface area contributed by atoms with E-state index >= 15 is 0 Å². The summed E-state index contributed by atoms with van der Waals surface area (Å²) in [6.07, 6.45) is 1.50. The minimum atomic E-state index is -1.28. The number of carboxylic acid groups (broad SMARTS) is 1. The Balaban J connectivity index is 0.00000162. The van der Waals surface area contributed by atoms with Crippen LogP contribution in [0.15, 0.2) is 42.6 Å². The van der Waals surface area contributed by atoms with Crippen molar-refractivity contribution in [2.24, 2.45) is 0 Å². The van der Waals surface area contributed by atoms with Crippen molar-refractivity contribution in [2.75, 3.05) is 5.32 Å². The molecule has 0 aliphatic carbocycles. The summed E-state index contributed by atoms with van der Waals surface area (Å²) >= 11 is 5.82. The molecule has 18 heavy (non-hydrogen) atoms. The fourth-order valence-electron chi connectivity index (χ4n) is 1.37. The maximum absolute atomic E-state index is 10.9. The zero-order valence-electron chi connectivity index (χ0n) is 9.68. The van der Waals surface area contributed by atoms with Crippen molar-refractivity contribution >= 4 is 29.1 Å². The molecule has 1 aromatic heterocycles. The van der Waals surface area contributed by atoms with Crippen LogP contribution in [-0.2, 0) is 0 Å². The van der Waals surface area contributed by atoms with Gasteiger partial charge >= 0.3 is 29.6 Å². The molecule has 1 aromatic carbocycles. The van der Waals surface area contributed by atoms with Gasteiger partial charge in [-0.15, -0.1) is 0 Å². The van der Waals surface area contributed by atoms with E-state index in [1.54, 1.807) is 24.3 Å². The summed E-state index contributed by atoms with van der Waals surface area (Å²) in [5.74, 6) is -1.04. The summed E-state index contributed by atoms with van der Waals surface area (Å²) < 4.78 is 0. The summed E-state index contributed by atoms with van der Waals surface area (Å²) in [4.78, 5) is 14.8. The largest absolute Gasteiger partial charge is 1.00 e. The molecule has 0 unspecified atom stereocenters. The second-order valence-electron chi connectivity index (χ2n) is 3.32. The number of benzene rings is 1. The van der Waals surface area contributed by atoms with E-state index in [0.717, 1.165) is 0 Å². The minimum absolute atomic E-state index is 0. The van der Waals surface area contributed by atoms with E-state index < -0.39 is 5.97 Å². The van der Waals surface area contributed by atoms with Gasteiger partial charge in [-0.05, 0) is 30.3 Å². The van der Waals surface area contributed by atoms with Gasteiger partial charge in [0.15, 0.2) is 0 Å². The monoisotopic (exact) mass is 270 g/mol. The molecule has 0 amide bonds. The minimum Gasteiger partial charge on any atom is -0.545 e. The van der Waals surface area contributed by atoms with E-state index in [4.69, 9.17) is 11.6 Å². The molecule has 1 N–H and O–H groups in total. The summed E-state index contributed by atoms with van der Waals surface area (Å²) in [5.41, 5.74) is 0.672. The third-order valence-corrected chi connectivity index (χ3v) is 2.35. The van der Waals surface area contributed by atoms with Gasteiger partial charge in [-0.3, -0.25) is 0 Å². The smallest absolute Gasteiger partial charge is 0.545 e. The molecular weight excluding hydrogens is 263 g/mol.